The summed E-state index contributed by atoms with van der Waals surface area (Å²) < 4.78 is 1.57. The molecule has 0 aliphatic carbocycles. The number of hydrogen-bond acceptors (Lipinski definition) is 2. The van der Waals surface area contributed by atoms with Crippen molar-refractivity contribution in [3.05, 3.63) is 28.9 Å². The second kappa shape index (κ2) is 3.55. The zero-order chi connectivity index (χ0) is 11.0. The van der Waals surface area contributed by atoms with E-state index in [0.29, 0.717) is 5.15 Å². The summed E-state index contributed by atoms with van der Waals surface area (Å²) >= 11 is 5.98. The molecule has 0 spiro atoms. The van der Waals surface area contributed by atoms with Crippen molar-refractivity contribution in [3.8, 4) is 0 Å². The summed E-state index contributed by atoms with van der Waals surface area (Å²) in [5.74, 6) is -0.851. The molecule has 0 saturated heterocycles. The standard InChI is InChI=1S/C10H9ClN2O2/c1-13-10(11)7-3-2-6(5-9(14)15)4-8(7)12-13/h2-4H,5H2,1H3,(H,14,15). The first-order valence-corrected chi connectivity index (χ1v) is 4.78. The third-order valence-corrected chi connectivity index (χ3v) is 2.63. The van der Waals surface area contributed by atoms with Crippen LogP contribution in [-0.2, 0) is 18.3 Å². The lowest BCUT2D eigenvalue weighted by Gasteiger charge is -1.95. The van der Waals surface area contributed by atoms with Gasteiger partial charge in [-0.1, -0.05) is 17.7 Å². The molecule has 4 nitrogen and oxygen atoms in total. The molecule has 0 bridgehead atoms. The summed E-state index contributed by atoms with van der Waals surface area (Å²) in [5, 5.41) is 14.2. The fourth-order valence-corrected chi connectivity index (χ4v) is 1.70. The molecule has 5 heteroatoms. The number of rotatable bonds is 2. The molecule has 0 amide bonds. The molecule has 1 N–H and O–H groups in total. The number of hydrogen-bond donors (Lipinski definition) is 1. The number of carboxylic acid groups (broad SMARTS) is 1. The van der Waals surface area contributed by atoms with Crippen molar-refractivity contribution < 1.29 is 9.90 Å². The fourth-order valence-electron chi connectivity index (χ4n) is 1.50. The molecule has 1 aromatic carbocycles. The van der Waals surface area contributed by atoms with Gasteiger partial charge in [0.25, 0.3) is 0 Å². The van der Waals surface area contributed by atoms with Gasteiger partial charge in [-0.05, 0) is 17.7 Å². The van der Waals surface area contributed by atoms with Crippen molar-refractivity contribution in [2.45, 2.75) is 6.42 Å². The smallest absolute Gasteiger partial charge is 0.307 e. The Morgan fingerprint density at radius 1 is 1.60 bits per heavy atom. The van der Waals surface area contributed by atoms with Gasteiger partial charge in [0.1, 0.15) is 5.15 Å². The van der Waals surface area contributed by atoms with E-state index in [0.717, 1.165) is 16.5 Å². The molecule has 0 aliphatic heterocycles. The molecular formula is C10H9ClN2O2. The van der Waals surface area contributed by atoms with Crippen LogP contribution in [0.4, 0.5) is 0 Å². The Hall–Kier alpha value is -1.55. The third-order valence-electron chi connectivity index (χ3n) is 2.18. The second-order valence-corrected chi connectivity index (χ2v) is 3.69. The van der Waals surface area contributed by atoms with E-state index in [4.69, 9.17) is 16.7 Å². The van der Waals surface area contributed by atoms with E-state index in [1.165, 1.54) is 0 Å². The minimum atomic E-state index is -0.851. The lowest BCUT2D eigenvalue weighted by Crippen LogP contribution is -1.99. The van der Waals surface area contributed by atoms with Crippen LogP contribution in [0.25, 0.3) is 10.9 Å². The first-order valence-electron chi connectivity index (χ1n) is 4.41. The van der Waals surface area contributed by atoms with Crippen molar-refractivity contribution in [1.29, 1.82) is 0 Å². The Balaban J connectivity index is 2.52. The number of carbonyl (C=O) groups is 1. The Morgan fingerprint density at radius 2 is 2.33 bits per heavy atom. The molecule has 1 heterocycles. The molecule has 0 saturated carbocycles. The SMILES string of the molecule is Cn1nc2cc(CC(=O)O)ccc2c1Cl. The summed E-state index contributed by atoms with van der Waals surface area (Å²) in [6.45, 7) is 0. The van der Waals surface area contributed by atoms with Crippen LogP contribution in [0.5, 0.6) is 0 Å². The topological polar surface area (TPSA) is 55.1 Å². The quantitative estimate of drug-likeness (QED) is 0.847. The van der Waals surface area contributed by atoms with Crippen LogP contribution < -0.4 is 0 Å². The summed E-state index contributed by atoms with van der Waals surface area (Å²) in [6.07, 6.45) is 0.00410. The van der Waals surface area contributed by atoms with E-state index in [9.17, 15) is 4.79 Å². The lowest BCUT2D eigenvalue weighted by atomic mass is 10.1. The van der Waals surface area contributed by atoms with Gasteiger partial charge in [-0.15, -0.1) is 0 Å². The minimum absolute atomic E-state index is 0.00410. The predicted octanol–water partition coefficient (Wildman–Crippen LogP) is 1.85. The van der Waals surface area contributed by atoms with Gasteiger partial charge in [0.05, 0.1) is 11.9 Å². The number of carboxylic acids is 1. The Kier molecular flexibility index (Phi) is 2.36. The van der Waals surface area contributed by atoms with Crippen LogP contribution in [0.1, 0.15) is 5.56 Å². The van der Waals surface area contributed by atoms with Crippen LogP contribution in [0, 0.1) is 0 Å². The van der Waals surface area contributed by atoms with Gasteiger partial charge in [0.2, 0.25) is 0 Å². The van der Waals surface area contributed by atoms with Crippen LogP contribution in [0.3, 0.4) is 0 Å². The highest BCUT2D eigenvalue weighted by Crippen LogP contribution is 2.23. The molecule has 0 radical (unpaired) electrons. The van der Waals surface area contributed by atoms with E-state index < -0.39 is 5.97 Å². The Morgan fingerprint density at radius 3 is 3.00 bits per heavy atom. The average molecular weight is 225 g/mol. The van der Waals surface area contributed by atoms with Crippen molar-refractivity contribution in [3.63, 3.8) is 0 Å². The molecule has 0 aliphatic rings. The van der Waals surface area contributed by atoms with E-state index in [1.807, 2.05) is 0 Å². The van der Waals surface area contributed by atoms with Gasteiger partial charge < -0.3 is 5.11 Å². The zero-order valence-electron chi connectivity index (χ0n) is 8.07. The van der Waals surface area contributed by atoms with E-state index in [1.54, 1.807) is 29.9 Å². The number of aliphatic carboxylic acids is 1. The van der Waals surface area contributed by atoms with Gasteiger partial charge >= 0.3 is 5.97 Å². The third kappa shape index (κ3) is 1.80. The minimum Gasteiger partial charge on any atom is -0.481 e. The van der Waals surface area contributed by atoms with Crippen LogP contribution >= 0.6 is 11.6 Å². The lowest BCUT2D eigenvalue weighted by molar-refractivity contribution is -0.136. The number of halogens is 1. The second-order valence-electron chi connectivity index (χ2n) is 3.34. The highest BCUT2D eigenvalue weighted by molar-refractivity contribution is 6.34. The largest absolute Gasteiger partial charge is 0.481 e. The number of aromatic nitrogens is 2. The molecule has 1 aromatic heterocycles. The van der Waals surface area contributed by atoms with Gasteiger partial charge in [-0.2, -0.15) is 5.10 Å². The molecule has 2 aromatic rings. The van der Waals surface area contributed by atoms with Crippen molar-refractivity contribution in [2.75, 3.05) is 0 Å². The predicted molar refractivity (Wildman–Crippen MR) is 57.1 cm³/mol. The number of fused-ring (bicyclic) bond motifs is 1. The van der Waals surface area contributed by atoms with Crippen molar-refractivity contribution in [2.24, 2.45) is 7.05 Å². The molecule has 0 fully saturated rings. The average Bonchev–Trinajstić information content (AvgIpc) is 2.41. The van der Waals surface area contributed by atoms with Crippen molar-refractivity contribution in [1.82, 2.24) is 9.78 Å². The van der Waals surface area contributed by atoms with Gasteiger partial charge in [-0.25, -0.2) is 0 Å². The molecule has 0 unspecified atom stereocenters. The Labute approximate surface area is 91.1 Å². The normalized spacial score (nSPS) is 10.8. The molecule has 0 atom stereocenters. The maximum absolute atomic E-state index is 10.5. The van der Waals surface area contributed by atoms with E-state index in [-0.39, 0.29) is 6.42 Å². The summed E-state index contributed by atoms with van der Waals surface area (Å²) in [6, 6.07) is 5.29. The summed E-state index contributed by atoms with van der Waals surface area (Å²) in [5.41, 5.74) is 1.45. The first-order chi connectivity index (χ1) is 7.08. The molecular weight excluding hydrogens is 216 g/mol. The van der Waals surface area contributed by atoms with Crippen molar-refractivity contribution >= 4 is 28.5 Å². The number of aryl methyl sites for hydroxylation is 1. The van der Waals surface area contributed by atoms with Crippen LogP contribution in [0.2, 0.25) is 5.15 Å². The first kappa shape index (κ1) is 9.98. The van der Waals surface area contributed by atoms with Crippen LogP contribution in [0.15, 0.2) is 18.2 Å². The van der Waals surface area contributed by atoms with Gasteiger partial charge in [0, 0.05) is 12.4 Å². The highest BCUT2D eigenvalue weighted by atomic mass is 35.5. The monoisotopic (exact) mass is 224 g/mol. The summed E-state index contributed by atoms with van der Waals surface area (Å²) in [7, 11) is 1.75. The van der Waals surface area contributed by atoms with E-state index >= 15 is 0 Å². The highest BCUT2D eigenvalue weighted by Gasteiger charge is 2.08. The fraction of sp³-hybridized carbons (Fsp3) is 0.200. The number of benzene rings is 1. The van der Waals surface area contributed by atoms with Crippen LogP contribution in [-0.4, -0.2) is 20.9 Å². The van der Waals surface area contributed by atoms with Gasteiger partial charge in [0.15, 0.2) is 0 Å². The maximum Gasteiger partial charge on any atom is 0.307 e. The molecule has 78 valence electrons. The molecule has 15 heavy (non-hydrogen) atoms. The van der Waals surface area contributed by atoms with E-state index in [2.05, 4.69) is 5.10 Å². The maximum atomic E-state index is 10.5. The summed E-state index contributed by atoms with van der Waals surface area (Å²) in [4.78, 5) is 10.5. The van der Waals surface area contributed by atoms with Gasteiger partial charge in [-0.3, -0.25) is 9.48 Å². The molecule has 2 rings (SSSR count). The zero-order valence-corrected chi connectivity index (χ0v) is 8.82. The number of nitrogens with zero attached hydrogens (tertiary/aromatic N) is 2. The Bertz CT molecular complexity index is 533.